The molecule has 1 atom stereocenters. The molecule has 1 aromatic carbocycles. The van der Waals surface area contributed by atoms with Crippen LogP contribution >= 0.6 is 0 Å². The van der Waals surface area contributed by atoms with E-state index in [1.165, 1.54) is 0 Å². The Kier molecular flexibility index (Phi) is 7.49. The van der Waals surface area contributed by atoms with Crippen LogP contribution in [0.1, 0.15) is 5.56 Å². The van der Waals surface area contributed by atoms with Crippen molar-refractivity contribution in [3.63, 3.8) is 0 Å². The monoisotopic (exact) mass is 320 g/mol. The second-order valence-electron chi connectivity index (χ2n) is 3.55. The Hall–Kier alpha value is 0.129. The van der Waals surface area contributed by atoms with E-state index in [0.717, 1.165) is 5.56 Å². The molecule has 1 aromatic rings. The molecule has 1 unspecified atom stereocenters. The average molecular weight is 319 g/mol. The van der Waals surface area contributed by atoms with Crippen LogP contribution in [0.2, 0.25) is 14.8 Å². The summed E-state index contributed by atoms with van der Waals surface area (Å²) in [6.45, 7) is 1.91. The number of aryl methyl sites for hydroxylation is 1. The first-order valence-electron chi connectivity index (χ1n) is 4.36. The van der Waals surface area contributed by atoms with Gasteiger partial charge in [-0.2, -0.15) is 0 Å². The van der Waals surface area contributed by atoms with Gasteiger partial charge in [0.15, 0.2) is 0 Å². The summed E-state index contributed by atoms with van der Waals surface area (Å²) in [4.78, 5) is 7.43. The van der Waals surface area contributed by atoms with Crippen LogP contribution < -0.4 is 0 Å². The molecule has 0 heterocycles. The normalized spacial score (nSPS) is 11.2. The molecule has 0 saturated heterocycles. The van der Waals surface area contributed by atoms with Crippen LogP contribution in [0.25, 0.3) is 0 Å². The van der Waals surface area contributed by atoms with E-state index in [1.54, 1.807) is 24.3 Å². The van der Waals surface area contributed by atoms with Crippen molar-refractivity contribution >= 4 is 30.8 Å². The minimum atomic E-state index is -2.09. The van der Waals surface area contributed by atoms with Gasteiger partial charge in [-0.1, -0.05) is 17.7 Å². The molecule has 0 aliphatic heterocycles. The van der Waals surface area contributed by atoms with E-state index >= 15 is 0 Å². The van der Waals surface area contributed by atoms with Gasteiger partial charge >= 0.3 is 34.6 Å². The van der Waals surface area contributed by atoms with E-state index < -0.39 is 30.8 Å². The van der Waals surface area contributed by atoms with Gasteiger partial charge in [0.25, 0.3) is 0 Å². The van der Waals surface area contributed by atoms with Crippen molar-refractivity contribution in [2.45, 2.75) is 26.6 Å². The molecule has 0 fully saturated rings. The second kappa shape index (κ2) is 7.42. The van der Waals surface area contributed by atoms with Crippen molar-refractivity contribution in [1.82, 2.24) is 0 Å². The van der Waals surface area contributed by atoms with Crippen LogP contribution in [-0.2, 0) is 11.1 Å². The summed E-state index contributed by atoms with van der Waals surface area (Å²) < 4.78 is 20.6. The fraction of sp³-hybridized carbons (Fsp3) is 0.400. The third kappa shape index (κ3) is 7.52. The molecule has 0 radical (unpaired) electrons. The minimum absolute atomic E-state index is 0.339. The summed E-state index contributed by atoms with van der Waals surface area (Å²) >= 11 is -2.63. The van der Waals surface area contributed by atoms with E-state index in [4.69, 9.17) is 0 Å². The van der Waals surface area contributed by atoms with E-state index in [2.05, 4.69) is 14.8 Å². The molecule has 0 saturated carbocycles. The summed E-state index contributed by atoms with van der Waals surface area (Å²) in [5.41, 5.74) is 1.06. The molecule has 0 bridgehead atoms. The molecular weight excluding hydrogens is 303 g/mol. The molecule has 14 heavy (non-hydrogen) atoms. The SMILES string of the molecule is Cc1ccc(S(=O)[O-])cc1.[CH3][Sn+]([CH3])[CH3]. The third-order valence-corrected chi connectivity index (χ3v) is 1.87. The summed E-state index contributed by atoms with van der Waals surface area (Å²) in [6, 6.07) is 6.70. The Bertz CT molecular complexity index is 280. The van der Waals surface area contributed by atoms with Gasteiger partial charge in [-0.25, -0.2) is 0 Å². The van der Waals surface area contributed by atoms with Gasteiger partial charge in [0.2, 0.25) is 0 Å². The fourth-order valence-corrected chi connectivity index (χ4v) is 1.01. The molecule has 2 nitrogen and oxygen atoms in total. The number of hydrogen-bond donors (Lipinski definition) is 0. The number of rotatable bonds is 1. The van der Waals surface area contributed by atoms with Crippen LogP contribution in [0.3, 0.4) is 0 Å². The number of hydrogen-bond acceptors (Lipinski definition) is 2. The molecule has 0 N–H and O–H groups in total. The van der Waals surface area contributed by atoms with E-state index in [1.807, 2.05) is 6.92 Å². The maximum atomic E-state index is 10.3. The quantitative estimate of drug-likeness (QED) is 0.590. The Morgan fingerprint density at radius 3 is 1.79 bits per heavy atom. The van der Waals surface area contributed by atoms with Crippen molar-refractivity contribution in [1.29, 1.82) is 0 Å². The van der Waals surface area contributed by atoms with Crippen molar-refractivity contribution in [3.8, 4) is 0 Å². The van der Waals surface area contributed by atoms with Crippen molar-refractivity contribution < 1.29 is 8.76 Å². The molecule has 78 valence electrons. The predicted octanol–water partition coefficient (Wildman–Crippen LogP) is 2.60. The molecule has 0 aliphatic carbocycles. The van der Waals surface area contributed by atoms with E-state index in [9.17, 15) is 8.76 Å². The zero-order chi connectivity index (χ0) is 11.1. The van der Waals surface area contributed by atoms with E-state index in [-0.39, 0.29) is 0 Å². The molecule has 0 spiro atoms. The summed E-state index contributed by atoms with van der Waals surface area (Å²) in [7, 11) is 0. The summed E-state index contributed by atoms with van der Waals surface area (Å²) in [5, 5.41) is 0. The first kappa shape index (κ1) is 14.1. The van der Waals surface area contributed by atoms with Gasteiger partial charge in [-0.05, 0) is 30.1 Å². The Morgan fingerprint density at radius 2 is 1.50 bits per heavy atom. The predicted molar refractivity (Wildman–Crippen MR) is 61.7 cm³/mol. The molecule has 0 aliphatic rings. The first-order chi connectivity index (χ1) is 6.43. The van der Waals surface area contributed by atoms with Crippen molar-refractivity contribution in [2.24, 2.45) is 0 Å². The second-order valence-corrected chi connectivity index (χ2v) is 13.1. The van der Waals surface area contributed by atoms with Crippen molar-refractivity contribution in [2.75, 3.05) is 0 Å². The molecule has 0 aromatic heterocycles. The molecule has 0 amide bonds. The van der Waals surface area contributed by atoms with Crippen LogP contribution in [0.4, 0.5) is 0 Å². The maximum absolute atomic E-state index is 10.3. The van der Waals surface area contributed by atoms with Gasteiger partial charge in [0, 0.05) is 4.90 Å². The first-order valence-corrected chi connectivity index (χ1v) is 14.0. The van der Waals surface area contributed by atoms with Gasteiger partial charge in [-0.3, -0.25) is 4.21 Å². The topological polar surface area (TPSA) is 40.1 Å². The third-order valence-electron chi connectivity index (χ3n) is 1.21. The Labute approximate surface area is 95.8 Å². The number of benzene rings is 1. The van der Waals surface area contributed by atoms with Gasteiger partial charge in [0.05, 0.1) is 0 Å². The van der Waals surface area contributed by atoms with E-state index in [0.29, 0.717) is 4.90 Å². The Morgan fingerprint density at radius 1 is 1.14 bits per heavy atom. The summed E-state index contributed by atoms with van der Waals surface area (Å²) in [5.74, 6) is 0. The zero-order valence-corrected chi connectivity index (χ0v) is 12.7. The molecule has 4 heteroatoms. The standard InChI is InChI=1S/C7H8O2S.3CH3.Sn/c1-6-2-4-7(5-3-6)10(8)9;;;;/h2-5H,1H3,(H,8,9);3*1H3;/q;;;;+1/p-1. The summed E-state index contributed by atoms with van der Waals surface area (Å²) in [6.07, 6.45) is 0. The van der Waals surface area contributed by atoms with Crippen LogP contribution in [-0.4, -0.2) is 28.5 Å². The fourth-order valence-electron chi connectivity index (χ4n) is 0.649. The molecule has 1 rings (SSSR count). The molecular formula is C10H16O2SSn. The van der Waals surface area contributed by atoms with Gasteiger partial charge in [0.1, 0.15) is 0 Å². The van der Waals surface area contributed by atoms with Crippen LogP contribution in [0.5, 0.6) is 0 Å². The van der Waals surface area contributed by atoms with Crippen molar-refractivity contribution in [3.05, 3.63) is 29.8 Å². The van der Waals surface area contributed by atoms with Crippen LogP contribution in [0, 0.1) is 6.92 Å². The average Bonchev–Trinajstić information content (AvgIpc) is 2.03. The zero-order valence-electron chi connectivity index (χ0n) is 9.03. The van der Waals surface area contributed by atoms with Crippen LogP contribution in [0.15, 0.2) is 29.2 Å². The van der Waals surface area contributed by atoms with Gasteiger partial charge < -0.3 is 4.55 Å². The Balaban J connectivity index is 0.000000364. The van der Waals surface area contributed by atoms with Gasteiger partial charge in [-0.15, -0.1) is 0 Å².